The zero-order chi connectivity index (χ0) is 48.8. The van der Waals surface area contributed by atoms with Gasteiger partial charge in [-0.25, -0.2) is 4.98 Å². The molecule has 3 saturated carbocycles. The molecule has 10 atom stereocenters. The molecular formula is C55H68N6O7S. The molecule has 5 N–H and O–H groups in total. The lowest BCUT2D eigenvalue weighted by Gasteiger charge is -2.58. The van der Waals surface area contributed by atoms with Gasteiger partial charge < -0.3 is 36.0 Å². The first kappa shape index (κ1) is 48.4. The third-order valence-corrected chi connectivity index (χ3v) is 17.6. The molecule has 69 heavy (non-hydrogen) atoms. The van der Waals surface area contributed by atoms with Gasteiger partial charge in [-0.3, -0.25) is 24.0 Å². The van der Waals surface area contributed by atoms with Crippen LogP contribution >= 0.6 is 11.3 Å². The number of anilines is 1. The fraction of sp³-hybridized carbons (Fsp3) is 0.527. The maximum atomic E-state index is 14.3. The van der Waals surface area contributed by atoms with Crippen molar-refractivity contribution in [1.82, 2.24) is 25.8 Å². The predicted molar refractivity (Wildman–Crippen MR) is 268 cm³/mol. The predicted octanol–water partition coefficient (Wildman–Crippen LogP) is 8.09. The first-order valence-electron chi connectivity index (χ1n) is 24.9. The topological polar surface area (TPSA) is 179 Å². The number of aliphatic hydroxyl groups excluding tert-OH is 1. The van der Waals surface area contributed by atoms with Crippen LogP contribution in [-0.4, -0.2) is 81.9 Å². The van der Waals surface area contributed by atoms with Gasteiger partial charge in [-0.05, 0) is 110 Å². The molecule has 366 valence electrons. The van der Waals surface area contributed by atoms with Gasteiger partial charge in [0.2, 0.25) is 29.5 Å². The van der Waals surface area contributed by atoms with Crippen LogP contribution in [0.1, 0.15) is 104 Å². The zero-order valence-corrected chi connectivity index (χ0v) is 41.6. The molecule has 2 aliphatic heterocycles. The average molecular weight is 957 g/mol. The van der Waals surface area contributed by atoms with E-state index in [4.69, 9.17) is 4.74 Å². The number of amides is 5. The molecule has 0 bridgehead atoms. The standard InChI is InChI=1S/C55H68N6O7S/c1-32-48(69-31-57-32)34-17-15-33(16-18-34)29-56-51(66)43-28-35(62)30-61(43)52(67)49(53(2,3)4)60-46(63)14-9-27-68-44-13-8-10-36-37(44)11-7-12-42(36)58-50(65)41-21-20-39-38-19-22-45-55(6,26-24-47(64)59-45)40(38)23-25-54(39,41)5/h7-8,10-13,15-18,24,26,31,35,38-41,43,45,49,62H,9,14,19-23,25,27-30H2,1-6H3,(H,56,66)(H,58,65)(H,59,64)(H,60,63)/t35-,38+,39+,40+,41-,43+,45-,49-,54+,55-/m1/s1. The van der Waals surface area contributed by atoms with Crippen LogP contribution < -0.4 is 26.0 Å². The molecular weight excluding hydrogens is 889 g/mol. The average Bonchev–Trinajstić information content (AvgIpc) is 4.04. The number of benzene rings is 3. The summed E-state index contributed by atoms with van der Waals surface area (Å²) in [4.78, 5) is 74.6. The molecule has 4 aromatic rings. The second-order valence-electron chi connectivity index (χ2n) is 21.9. The van der Waals surface area contributed by atoms with Crippen LogP contribution in [0.2, 0.25) is 0 Å². The minimum Gasteiger partial charge on any atom is -0.493 e. The van der Waals surface area contributed by atoms with Gasteiger partial charge in [0.25, 0.3) is 0 Å². The van der Waals surface area contributed by atoms with Gasteiger partial charge >= 0.3 is 0 Å². The molecule has 0 radical (unpaired) electrons. The number of carbonyl (C=O) groups excluding carboxylic acids is 5. The summed E-state index contributed by atoms with van der Waals surface area (Å²) in [7, 11) is 0. The number of β-amino-alcohol motifs (C(OH)–C–C–N with tert-alkyl or cyclic N) is 1. The van der Waals surface area contributed by atoms with Crippen LogP contribution in [0, 0.1) is 46.8 Å². The van der Waals surface area contributed by atoms with E-state index in [2.05, 4.69) is 46.2 Å². The lowest BCUT2D eigenvalue weighted by molar-refractivity contribution is -0.144. The number of aromatic nitrogens is 1. The normalized spacial score (nSPS) is 28.8. The summed E-state index contributed by atoms with van der Waals surface area (Å²) in [5.41, 5.74) is 4.66. The monoisotopic (exact) mass is 956 g/mol. The first-order chi connectivity index (χ1) is 32.9. The van der Waals surface area contributed by atoms with Crippen molar-refractivity contribution in [2.45, 2.75) is 130 Å². The van der Waals surface area contributed by atoms with Gasteiger partial charge in [0.1, 0.15) is 17.8 Å². The number of hydrogen-bond donors (Lipinski definition) is 5. The number of likely N-dealkylation sites (tertiary alicyclic amines) is 1. The number of aryl methyl sites for hydroxylation is 1. The first-order valence-corrected chi connectivity index (χ1v) is 25.8. The van der Waals surface area contributed by atoms with E-state index in [1.165, 1.54) is 4.90 Å². The number of rotatable bonds is 13. The van der Waals surface area contributed by atoms with Crippen LogP contribution in [0.3, 0.4) is 0 Å². The van der Waals surface area contributed by atoms with Gasteiger partial charge in [0.05, 0.1) is 28.8 Å². The fourth-order valence-electron chi connectivity index (χ4n) is 12.9. The van der Waals surface area contributed by atoms with Crippen molar-refractivity contribution in [3.63, 3.8) is 0 Å². The molecule has 1 saturated heterocycles. The summed E-state index contributed by atoms with van der Waals surface area (Å²) in [6.45, 7) is 12.8. The minimum atomic E-state index is -0.934. The lowest BCUT2D eigenvalue weighted by atomic mass is 9.48. The summed E-state index contributed by atoms with van der Waals surface area (Å²) >= 11 is 1.58. The van der Waals surface area contributed by atoms with Gasteiger partial charge in [-0.2, -0.15) is 0 Å². The van der Waals surface area contributed by atoms with Crippen molar-refractivity contribution in [3.8, 4) is 16.2 Å². The third kappa shape index (κ3) is 9.55. The van der Waals surface area contributed by atoms with Crippen molar-refractivity contribution in [2.24, 2.45) is 39.9 Å². The highest BCUT2D eigenvalue weighted by molar-refractivity contribution is 7.13. The minimum absolute atomic E-state index is 0.00436. The Morgan fingerprint density at radius 1 is 0.957 bits per heavy atom. The number of fused-ring (bicyclic) bond motifs is 6. The van der Waals surface area contributed by atoms with Crippen LogP contribution in [0.15, 0.2) is 78.3 Å². The van der Waals surface area contributed by atoms with E-state index in [1.54, 1.807) is 17.4 Å². The van der Waals surface area contributed by atoms with Crippen LogP contribution in [-0.2, 0) is 30.5 Å². The largest absolute Gasteiger partial charge is 0.493 e. The second-order valence-corrected chi connectivity index (χ2v) is 22.8. The Morgan fingerprint density at radius 2 is 1.72 bits per heavy atom. The van der Waals surface area contributed by atoms with E-state index < -0.39 is 29.5 Å². The summed E-state index contributed by atoms with van der Waals surface area (Å²) in [5.74, 6) is 1.05. The van der Waals surface area contributed by atoms with Gasteiger partial charge in [0.15, 0.2) is 0 Å². The molecule has 5 amide bonds. The SMILES string of the molecule is Cc1ncsc1-c1ccc(CNC(=O)[C@@H]2C[C@@H](O)CN2C(=O)[C@@H](NC(=O)CCCOc2cccc3c(NC(=O)[C@H]4CC[C@H]5[C@@H]6CC[C@H]7NC(=O)C=C[C@]7(C)[C@H]6CC[C@]45C)cccc23)C(C)(C)C)cc1. The quantitative estimate of drug-likeness (QED) is 0.0835. The van der Waals surface area contributed by atoms with Crippen molar-refractivity contribution in [3.05, 3.63) is 89.6 Å². The molecule has 3 heterocycles. The molecule has 0 spiro atoms. The van der Waals surface area contributed by atoms with E-state index in [0.29, 0.717) is 29.9 Å². The van der Waals surface area contributed by atoms with Crippen LogP contribution in [0.25, 0.3) is 21.2 Å². The Bertz CT molecular complexity index is 2640. The second kappa shape index (κ2) is 19.3. The maximum absolute atomic E-state index is 14.3. The zero-order valence-electron chi connectivity index (χ0n) is 40.8. The third-order valence-electron chi connectivity index (χ3n) is 16.7. The van der Waals surface area contributed by atoms with Gasteiger partial charge in [-0.15, -0.1) is 11.3 Å². The molecule has 3 aliphatic carbocycles. The van der Waals surface area contributed by atoms with E-state index >= 15 is 0 Å². The smallest absolute Gasteiger partial charge is 0.246 e. The summed E-state index contributed by atoms with van der Waals surface area (Å²) in [6, 6.07) is 17.9. The van der Waals surface area contributed by atoms with E-state index in [0.717, 1.165) is 76.7 Å². The van der Waals surface area contributed by atoms with Gasteiger partial charge in [-0.1, -0.05) is 89.2 Å². The van der Waals surface area contributed by atoms with Crippen LogP contribution in [0.5, 0.6) is 5.75 Å². The number of hydrogen-bond acceptors (Lipinski definition) is 9. The Kier molecular flexibility index (Phi) is 13.5. The highest BCUT2D eigenvalue weighted by Gasteiger charge is 2.61. The van der Waals surface area contributed by atoms with E-state index in [1.807, 2.05) is 93.9 Å². The molecule has 3 aromatic carbocycles. The molecule has 5 aliphatic rings. The van der Waals surface area contributed by atoms with E-state index in [-0.39, 0.29) is 79.0 Å². The van der Waals surface area contributed by atoms with Crippen molar-refractivity contribution < 1.29 is 33.8 Å². The van der Waals surface area contributed by atoms with Crippen molar-refractivity contribution in [1.29, 1.82) is 0 Å². The molecule has 0 unspecified atom stereocenters. The lowest BCUT2D eigenvalue weighted by Crippen LogP contribution is -2.59. The highest BCUT2D eigenvalue weighted by atomic mass is 32.1. The van der Waals surface area contributed by atoms with E-state index in [9.17, 15) is 29.1 Å². The molecule has 4 fully saturated rings. The van der Waals surface area contributed by atoms with Crippen molar-refractivity contribution >= 4 is 57.3 Å². The Hall–Kier alpha value is -5.60. The molecule has 9 rings (SSSR count). The number of carbonyl (C=O) groups is 5. The number of aliphatic hydroxyl groups is 1. The Balaban J connectivity index is 0.779. The summed E-state index contributed by atoms with van der Waals surface area (Å²) < 4.78 is 6.28. The summed E-state index contributed by atoms with van der Waals surface area (Å²) in [6.07, 6.45) is 9.65. The molecule has 14 heteroatoms. The highest BCUT2D eigenvalue weighted by Crippen LogP contribution is 2.65. The summed E-state index contributed by atoms with van der Waals surface area (Å²) in [5, 5.41) is 24.9. The number of thiazole rings is 1. The van der Waals surface area contributed by atoms with Gasteiger partial charge in [0, 0.05) is 59.8 Å². The van der Waals surface area contributed by atoms with Crippen molar-refractivity contribution in [2.75, 3.05) is 18.5 Å². The number of ether oxygens (including phenoxy) is 1. The Morgan fingerprint density at radius 3 is 2.48 bits per heavy atom. The fourth-order valence-corrected chi connectivity index (χ4v) is 13.7. The maximum Gasteiger partial charge on any atom is 0.246 e. The number of nitrogens with one attached hydrogen (secondary N) is 4. The van der Waals surface area contributed by atoms with Crippen LogP contribution in [0.4, 0.5) is 5.69 Å². The molecule has 1 aromatic heterocycles. The molecule has 13 nitrogen and oxygen atoms in total. The Labute approximate surface area is 409 Å². The number of nitrogens with zero attached hydrogens (tertiary/aromatic N) is 2.